The predicted octanol–water partition coefficient (Wildman–Crippen LogP) is 3.56. The van der Waals surface area contributed by atoms with Crippen LogP contribution >= 0.6 is 0 Å². The zero-order chi connectivity index (χ0) is 13.2. The number of rotatable bonds is 8. The SMILES string of the molecule is CCCC[C@@H](CC)C(=O)NCCc1ccccc1. The van der Waals surface area contributed by atoms with Gasteiger partial charge in [0, 0.05) is 12.5 Å². The summed E-state index contributed by atoms with van der Waals surface area (Å²) in [6, 6.07) is 10.3. The van der Waals surface area contributed by atoms with Crippen molar-refractivity contribution in [2.75, 3.05) is 6.54 Å². The van der Waals surface area contributed by atoms with Crippen LogP contribution in [-0.4, -0.2) is 12.5 Å². The standard InChI is InChI=1S/C16H25NO/c1-3-5-11-15(4-2)16(18)17-13-12-14-9-7-6-8-10-14/h6-10,15H,3-5,11-13H2,1-2H3,(H,17,18)/t15-/m1/s1. The molecule has 0 saturated carbocycles. The summed E-state index contributed by atoms with van der Waals surface area (Å²) in [5.74, 6) is 0.419. The number of benzene rings is 1. The molecule has 0 aromatic heterocycles. The maximum absolute atomic E-state index is 12.0. The Morgan fingerprint density at radius 3 is 2.56 bits per heavy atom. The van der Waals surface area contributed by atoms with Crippen LogP contribution in [0.1, 0.15) is 45.1 Å². The molecule has 1 N–H and O–H groups in total. The third-order valence-electron chi connectivity index (χ3n) is 3.33. The highest BCUT2D eigenvalue weighted by Gasteiger charge is 2.14. The minimum absolute atomic E-state index is 0.195. The highest BCUT2D eigenvalue weighted by Crippen LogP contribution is 2.12. The molecule has 1 aromatic rings. The Morgan fingerprint density at radius 2 is 1.94 bits per heavy atom. The number of carbonyl (C=O) groups is 1. The average molecular weight is 247 g/mol. The monoisotopic (exact) mass is 247 g/mol. The second-order valence-corrected chi connectivity index (χ2v) is 4.77. The van der Waals surface area contributed by atoms with Crippen molar-refractivity contribution in [1.82, 2.24) is 5.32 Å². The highest BCUT2D eigenvalue weighted by molar-refractivity contribution is 5.78. The van der Waals surface area contributed by atoms with Crippen molar-refractivity contribution in [3.8, 4) is 0 Å². The van der Waals surface area contributed by atoms with Crippen molar-refractivity contribution in [1.29, 1.82) is 0 Å². The number of unbranched alkanes of at least 4 members (excludes halogenated alkanes) is 1. The van der Waals surface area contributed by atoms with Gasteiger partial charge in [-0.2, -0.15) is 0 Å². The van der Waals surface area contributed by atoms with Crippen LogP contribution in [0.4, 0.5) is 0 Å². The van der Waals surface area contributed by atoms with E-state index in [0.29, 0.717) is 0 Å². The van der Waals surface area contributed by atoms with Gasteiger partial charge in [0.2, 0.25) is 5.91 Å². The summed E-state index contributed by atoms with van der Waals surface area (Å²) < 4.78 is 0. The van der Waals surface area contributed by atoms with Gasteiger partial charge in [-0.15, -0.1) is 0 Å². The summed E-state index contributed by atoms with van der Waals surface area (Å²) in [6.07, 6.45) is 5.18. The van der Waals surface area contributed by atoms with Crippen LogP contribution < -0.4 is 5.32 Å². The van der Waals surface area contributed by atoms with Crippen LogP contribution in [0.5, 0.6) is 0 Å². The molecule has 2 nitrogen and oxygen atoms in total. The molecule has 0 aliphatic carbocycles. The molecule has 0 aliphatic heterocycles. The van der Waals surface area contributed by atoms with E-state index in [1.54, 1.807) is 0 Å². The van der Waals surface area contributed by atoms with Gasteiger partial charge in [-0.25, -0.2) is 0 Å². The lowest BCUT2D eigenvalue weighted by Gasteiger charge is -2.14. The van der Waals surface area contributed by atoms with E-state index in [2.05, 4.69) is 31.3 Å². The molecule has 100 valence electrons. The molecule has 1 amide bonds. The average Bonchev–Trinajstić information content (AvgIpc) is 2.41. The minimum Gasteiger partial charge on any atom is -0.356 e. The fourth-order valence-electron chi connectivity index (χ4n) is 2.09. The first-order chi connectivity index (χ1) is 8.77. The molecule has 0 bridgehead atoms. The molecule has 0 spiro atoms. The van der Waals surface area contributed by atoms with Crippen LogP contribution in [0.3, 0.4) is 0 Å². The summed E-state index contributed by atoms with van der Waals surface area (Å²) in [5.41, 5.74) is 1.28. The van der Waals surface area contributed by atoms with Crippen LogP contribution in [0.2, 0.25) is 0 Å². The van der Waals surface area contributed by atoms with Crippen molar-refractivity contribution in [3.63, 3.8) is 0 Å². The normalized spacial score (nSPS) is 12.1. The zero-order valence-electron chi connectivity index (χ0n) is 11.6. The molecule has 0 heterocycles. The van der Waals surface area contributed by atoms with Gasteiger partial charge in [-0.05, 0) is 24.8 Å². The van der Waals surface area contributed by atoms with Crippen LogP contribution in [-0.2, 0) is 11.2 Å². The van der Waals surface area contributed by atoms with Gasteiger partial charge >= 0.3 is 0 Å². The lowest BCUT2D eigenvalue weighted by Crippen LogP contribution is -2.32. The molecule has 1 aromatic carbocycles. The third kappa shape index (κ3) is 5.35. The van der Waals surface area contributed by atoms with Crippen LogP contribution in [0.15, 0.2) is 30.3 Å². The van der Waals surface area contributed by atoms with Crippen LogP contribution in [0, 0.1) is 5.92 Å². The summed E-state index contributed by atoms with van der Waals surface area (Å²) in [4.78, 5) is 12.0. The summed E-state index contributed by atoms with van der Waals surface area (Å²) in [6.45, 7) is 5.00. The van der Waals surface area contributed by atoms with Gasteiger partial charge in [-0.3, -0.25) is 4.79 Å². The van der Waals surface area contributed by atoms with Gasteiger partial charge < -0.3 is 5.32 Å². The molecule has 1 rings (SSSR count). The number of hydrogen-bond acceptors (Lipinski definition) is 1. The lowest BCUT2D eigenvalue weighted by molar-refractivity contribution is -0.125. The topological polar surface area (TPSA) is 29.1 Å². The van der Waals surface area contributed by atoms with E-state index in [1.807, 2.05) is 18.2 Å². The first kappa shape index (κ1) is 14.7. The molecule has 1 atom stereocenters. The Balaban J connectivity index is 2.27. The molecule has 0 unspecified atom stereocenters. The first-order valence-corrected chi connectivity index (χ1v) is 7.09. The van der Waals surface area contributed by atoms with Gasteiger partial charge in [0.15, 0.2) is 0 Å². The fourth-order valence-corrected chi connectivity index (χ4v) is 2.09. The summed E-state index contributed by atoms with van der Waals surface area (Å²) in [5, 5.41) is 3.05. The van der Waals surface area contributed by atoms with E-state index < -0.39 is 0 Å². The molecule has 0 radical (unpaired) electrons. The number of hydrogen-bond donors (Lipinski definition) is 1. The first-order valence-electron chi connectivity index (χ1n) is 7.09. The van der Waals surface area contributed by atoms with E-state index in [-0.39, 0.29) is 11.8 Å². The Bertz CT molecular complexity index is 334. The van der Waals surface area contributed by atoms with Gasteiger partial charge in [0.25, 0.3) is 0 Å². The number of amides is 1. The van der Waals surface area contributed by atoms with E-state index in [1.165, 1.54) is 5.56 Å². The van der Waals surface area contributed by atoms with Gasteiger partial charge in [-0.1, -0.05) is 57.0 Å². The van der Waals surface area contributed by atoms with Gasteiger partial charge in [0.05, 0.1) is 0 Å². The number of nitrogens with one attached hydrogen (secondary N) is 1. The van der Waals surface area contributed by atoms with Crippen molar-refractivity contribution in [2.24, 2.45) is 5.92 Å². The smallest absolute Gasteiger partial charge is 0.223 e. The van der Waals surface area contributed by atoms with E-state index >= 15 is 0 Å². The maximum Gasteiger partial charge on any atom is 0.223 e. The van der Waals surface area contributed by atoms with Crippen molar-refractivity contribution < 1.29 is 4.79 Å². The molecular formula is C16H25NO. The predicted molar refractivity (Wildman–Crippen MR) is 76.5 cm³/mol. The molecule has 0 aliphatic rings. The molecule has 2 heteroatoms. The third-order valence-corrected chi connectivity index (χ3v) is 3.33. The van der Waals surface area contributed by atoms with Crippen molar-refractivity contribution in [3.05, 3.63) is 35.9 Å². The Kier molecular flexibility index (Phi) is 7.16. The van der Waals surface area contributed by atoms with E-state index in [9.17, 15) is 4.79 Å². The minimum atomic E-state index is 0.195. The van der Waals surface area contributed by atoms with E-state index in [0.717, 1.165) is 38.6 Å². The van der Waals surface area contributed by atoms with Gasteiger partial charge in [0.1, 0.15) is 0 Å². The van der Waals surface area contributed by atoms with Crippen molar-refractivity contribution >= 4 is 5.91 Å². The molecular weight excluding hydrogens is 222 g/mol. The van der Waals surface area contributed by atoms with Crippen LogP contribution in [0.25, 0.3) is 0 Å². The zero-order valence-corrected chi connectivity index (χ0v) is 11.6. The Hall–Kier alpha value is -1.31. The van der Waals surface area contributed by atoms with E-state index in [4.69, 9.17) is 0 Å². The summed E-state index contributed by atoms with van der Waals surface area (Å²) >= 11 is 0. The number of carbonyl (C=O) groups excluding carboxylic acids is 1. The Morgan fingerprint density at radius 1 is 1.22 bits per heavy atom. The quantitative estimate of drug-likeness (QED) is 0.747. The maximum atomic E-state index is 12.0. The van der Waals surface area contributed by atoms with Crippen molar-refractivity contribution in [2.45, 2.75) is 46.0 Å². The second kappa shape index (κ2) is 8.73. The molecule has 0 fully saturated rings. The Labute approximate surface area is 111 Å². The lowest BCUT2D eigenvalue weighted by atomic mass is 9.98. The highest BCUT2D eigenvalue weighted by atomic mass is 16.1. The fraction of sp³-hybridized carbons (Fsp3) is 0.562. The molecule has 18 heavy (non-hydrogen) atoms. The largest absolute Gasteiger partial charge is 0.356 e. The second-order valence-electron chi connectivity index (χ2n) is 4.77. The molecule has 0 saturated heterocycles. The summed E-state index contributed by atoms with van der Waals surface area (Å²) in [7, 11) is 0.